The minimum atomic E-state index is -0.122. The molecule has 64 valence electrons. The van der Waals surface area contributed by atoms with Crippen molar-refractivity contribution in [1.82, 2.24) is 0 Å². The summed E-state index contributed by atoms with van der Waals surface area (Å²) in [6, 6.07) is 0. The SMILES string of the molecule is CCOC(=O)CCCC(C)=S. The van der Waals surface area contributed by atoms with Crippen molar-refractivity contribution in [3.63, 3.8) is 0 Å². The second-order valence-corrected chi connectivity index (χ2v) is 3.06. The summed E-state index contributed by atoms with van der Waals surface area (Å²) < 4.78 is 4.74. The van der Waals surface area contributed by atoms with Gasteiger partial charge in [0.05, 0.1) is 6.61 Å². The standard InChI is InChI=1S/C8H14O2S/c1-3-10-8(9)6-4-5-7(2)11/h3-6H2,1-2H3. The molecule has 3 heteroatoms. The molecule has 0 aromatic heterocycles. The van der Waals surface area contributed by atoms with Crippen LogP contribution in [0.25, 0.3) is 0 Å². The first kappa shape index (κ1) is 10.6. The lowest BCUT2D eigenvalue weighted by atomic mass is 10.2. The van der Waals surface area contributed by atoms with Gasteiger partial charge >= 0.3 is 5.97 Å². The van der Waals surface area contributed by atoms with Crippen LogP contribution in [0.15, 0.2) is 0 Å². The smallest absolute Gasteiger partial charge is 0.305 e. The van der Waals surface area contributed by atoms with Gasteiger partial charge in [0, 0.05) is 6.42 Å². The van der Waals surface area contributed by atoms with Crippen LogP contribution >= 0.6 is 12.2 Å². The molecule has 0 saturated heterocycles. The lowest BCUT2D eigenvalue weighted by Crippen LogP contribution is -2.03. The molecule has 0 atom stereocenters. The average Bonchev–Trinajstić information content (AvgIpc) is 1.87. The second kappa shape index (κ2) is 6.28. The van der Waals surface area contributed by atoms with Gasteiger partial charge in [-0.1, -0.05) is 12.2 Å². The quantitative estimate of drug-likeness (QED) is 0.471. The molecule has 0 heterocycles. The van der Waals surface area contributed by atoms with Crippen LogP contribution in [0.4, 0.5) is 0 Å². The summed E-state index contributed by atoms with van der Waals surface area (Å²) in [4.78, 5) is 11.7. The van der Waals surface area contributed by atoms with Gasteiger partial charge in [-0.3, -0.25) is 4.79 Å². The van der Waals surface area contributed by atoms with Crippen molar-refractivity contribution in [3.8, 4) is 0 Å². The van der Waals surface area contributed by atoms with Gasteiger partial charge in [-0.15, -0.1) is 0 Å². The summed E-state index contributed by atoms with van der Waals surface area (Å²) in [6.45, 7) is 4.16. The van der Waals surface area contributed by atoms with Crippen molar-refractivity contribution < 1.29 is 9.53 Å². The summed E-state index contributed by atoms with van der Waals surface area (Å²) in [7, 11) is 0. The van der Waals surface area contributed by atoms with Gasteiger partial charge in [-0.25, -0.2) is 0 Å². The highest BCUT2D eigenvalue weighted by Crippen LogP contribution is 1.99. The molecule has 0 rings (SSSR count). The van der Waals surface area contributed by atoms with Crippen molar-refractivity contribution in [3.05, 3.63) is 0 Å². The zero-order chi connectivity index (χ0) is 8.69. The molecular weight excluding hydrogens is 160 g/mol. The molecule has 0 unspecified atom stereocenters. The van der Waals surface area contributed by atoms with E-state index < -0.39 is 0 Å². The van der Waals surface area contributed by atoms with E-state index in [1.54, 1.807) is 0 Å². The molecule has 11 heavy (non-hydrogen) atoms. The van der Waals surface area contributed by atoms with E-state index in [2.05, 4.69) is 0 Å². The first-order valence-electron chi connectivity index (χ1n) is 3.82. The number of hydrogen-bond acceptors (Lipinski definition) is 3. The Kier molecular flexibility index (Phi) is 6.03. The molecule has 0 aliphatic rings. The lowest BCUT2D eigenvalue weighted by Gasteiger charge is -1.99. The largest absolute Gasteiger partial charge is 0.466 e. The van der Waals surface area contributed by atoms with Crippen LogP contribution < -0.4 is 0 Å². The number of rotatable bonds is 5. The van der Waals surface area contributed by atoms with Crippen molar-refractivity contribution in [2.24, 2.45) is 0 Å². The molecule has 0 bridgehead atoms. The Morgan fingerprint density at radius 1 is 1.45 bits per heavy atom. The lowest BCUT2D eigenvalue weighted by molar-refractivity contribution is -0.143. The van der Waals surface area contributed by atoms with Gasteiger partial charge in [0.25, 0.3) is 0 Å². The molecule has 0 N–H and O–H groups in total. The normalized spacial score (nSPS) is 9.27. The van der Waals surface area contributed by atoms with E-state index >= 15 is 0 Å². The van der Waals surface area contributed by atoms with E-state index in [4.69, 9.17) is 17.0 Å². The molecule has 0 aromatic rings. The zero-order valence-electron chi connectivity index (χ0n) is 7.05. The topological polar surface area (TPSA) is 26.3 Å². The minimum absolute atomic E-state index is 0.122. The fraction of sp³-hybridized carbons (Fsp3) is 0.750. The second-order valence-electron chi connectivity index (χ2n) is 2.36. The number of esters is 1. The Hall–Kier alpha value is -0.440. The van der Waals surface area contributed by atoms with Gasteiger partial charge in [-0.2, -0.15) is 0 Å². The average molecular weight is 174 g/mol. The van der Waals surface area contributed by atoms with E-state index in [-0.39, 0.29) is 5.97 Å². The summed E-state index contributed by atoms with van der Waals surface area (Å²) in [5, 5.41) is 0. The number of carbonyl (C=O) groups excluding carboxylic acids is 1. The first-order valence-corrected chi connectivity index (χ1v) is 4.22. The van der Waals surface area contributed by atoms with E-state index in [1.165, 1.54) is 0 Å². The molecule has 0 saturated carbocycles. The Labute approximate surface area is 72.9 Å². The molecule has 0 aliphatic heterocycles. The number of hydrogen-bond donors (Lipinski definition) is 0. The number of thiocarbonyl (C=S) groups is 1. The number of carbonyl (C=O) groups is 1. The van der Waals surface area contributed by atoms with Gasteiger partial charge in [0.2, 0.25) is 0 Å². The highest BCUT2D eigenvalue weighted by molar-refractivity contribution is 7.80. The molecule has 2 nitrogen and oxygen atoms in total. The molecule has 0 fully saturated rings. The predicted molar refractivity (Wildman–Crippen MR) is 48.8 cm³/mol. The highest BCUT2D eigenvalue weighted by Gasteiger charge is 2.00. The van der Waals surface area contributed by atoms with Gasteiger partial charge in [0.15, 0.2) is 0 Å². The third kappa shape index (κ3) is 7.46. The molecule has 0 aromatic carbocycles. The predicted octanol–water partition coefficient (Wildman–Crippen LogP) is 2.11. The Morgan fingerprint density at radius 2 is 2.09 bits per heavy atom. The summed E-state index contributed by atoms with van der Waals surface area (Å²) in [5.74, 6) is -0.122. The summed E-state index contributed by atoms with van der Waals surface area (Å²) in [5.41, 5.74) is 0. The van der Waals surface area contributed by atoms with Crippen molar-refractivity contribution in [2.45, 2.75) is 33.1 Å². The first-order chi connectivity index (χ1) is 5.16. The van der Waals surface area contributed by atoms with E-state index in [0.717, 1.165) is 17.7 Å². The van der Waals surface area contributed by atoms with Crippen LogP contribution in [0.3, 0.4) is 0 Å². The maximum Gasteiger partial charge on any atom is 0.305 e. The highest BCUT2D eigenvalue weighted by atomic mass is 32.1. The Balaban J connectivity index is 3.24. The third-order valence-electron chi connectivity index (χ3n) is 1.22. The molecule has 0 aliphatic carbocycles. The van der Waals surface area contributed by atoms with Crippen LogP contribution in [-0.4, -0.2) is 17.4 Å². The Morgan fingerprint density at radius 3 is 2.55 bits per heavy atom. The van der Waals surface area contributed by atoms with Crippen LogP contribution in [-0.2, 0) is 9.53 Å². The zero-order valence-corrected chi connectivity index (χ0v) is 7.87. The van der Waals surface area contributed by atoms with Gasteiger partial charge in [0.1, 0.15) is 0 Å². The van der Waals surface area contributed by atoms with E-state index in [0.29, 0.717) is 13.0 Å². The maximum absolute atomic E-state index is 10.8. The van der Waals surface area contributed by atoms with Crippen LogP contribution in [0.5, 0.6) is 0 Å². The van der Waals surface area contributed by atoms with Crippen molar-refractivity contribution in [2.75, 3.05) is 6.61 Å². The molecule has 0 radical (unpaired) electrons. The van der Waals surface area contributed by atoms with Gasteiger partial charge in [-0.05, 0) is 31.6 Å². The summed E-state index contributed by atoms with van der Waals surface area (Å²) >= 11 is 4.86. The van der Waals surface area contributed by atoms with Crippen LogP contribution in [0.1, 0.15) is 33.1 Å². The number of ether oxygens (including phenoxy) is 1. The fourth-order valence-electron chi connectivity index (χ4n) is 0.715. The van der Waals surface area contributed by atoms with E-state index in [1.807, 2.05) is 13.8 Å². The molecule has 0 spiro atoms. The molecule has 0 amide bonds. The maximum atomic E-state index is 10.8. The minimum Gasteiger partial charge on any atom is -0.466 e. The monoisotopic (exact) mass is 174 g/mol. The summed E-state index contributed by atoms with van der Waals surface area (Å²) in [6.07, 6.45) is 2.14. The van der Waals surface area contributed by atoms with E-state index in [9.17, 15) is 4.79 Å². The van der Waals surface area contributed by atoms with Crippen LogP contribution in [0, 0.1) is 0 Å². The molecular formula is C8H14O2S. The van der Waals surface area contributed by atoms with Crippen LogP contribution in [0.2, 0.25) is 0 Å². The van der Waals surface area contributed by atoms with Crippen molar-refractivity contribution in [1.29, 1.82) is 0 Å². The van der Waals surface area contributed by atoms with Gasteiger partial charge < -0.3 is 4.74 Å². The fourth-order valence-corrected chi connectivity index (χ4v) is 0.859. The Bertz CT molecular complexity index is 143. The van der Waals surface area contributed by atoms with Crippen molar-refractivity contribution >= 4 is 23.1 Å². The third-order valence-corrected chi connectivity index (χ3v) is 1.42.